The topological polar surface area (TPSA) is 42.3 Å². The van der Waals surface area contributed by atoms with E-state index in [1.807, 2.05) is 6.92 Å². The number of nitrogens with zero attached hydrogens (tertiary/aromatic N) is 3. The minimum atomic E-state index is 0.731. The van der Waals surface area contributed by atoms with E-state index in [4.69, 9.17) is 9.72 Å². The standard InChI is InChI=1S/C17H26N4O/c1-3-22-13-12-21-15-7-4-6-14(2)16(15)19-17(21)20-10-5-8-18-9-11-20/h4,6-7,18H,3,5,8-13H2,1-2H3. The van der Waals surface area contributed by atoms with Gasteiger partial charge in [0.15, 0.2) is 0 Å². The molecular weight excluding hydrogens is 276 g/mol. The van der Waals surface area contributed by atoms with Crippen LogP contribution in [-0.4, -0.2) is 48.9 Å². The van der Waals surface area contributed by atoms with E-state index >= 15 is 0 Å². The summed E-state index contributed by atoms with van der Waals surface area (Å²) in [7, 11) is 0. The lowest BCUT2D eigenvalue weighted by Gasteiger charge is -2.22. The normalized spacial score (nSPS) is 16.2. The molecule has 0 saturated carbocycles. The van der Waals surface area contributed by atoms with Crippen molar-refractivity contribution in [1.82, 2.24) is 14.9 Å². The zero-order valence-corrected chi connectivity index (χ0v) is 13.6. The number of aryl methyl sites for hydroxylation is 1. The molecule has 0 unspecified atom stereocenters. The van der Waals surface area contributed by atoms with E-state index in [-0.39, 0.29) is 0 Å². The first-order valence-corrected chi connectivity index (χ1v) is 8.30. The van der Waals surface area contributed by atoms with E-state index in [0.717, 1.165) is 63.8 Å². The third-order valence-corrected chi connectivity index (χ3v) is 4.25. The maximum atomic E-state index is 5.57. The highest BCUT2D eigenvalue weighted by atomic mass is 16.5. The van der Waals surface area contributed by atoms with E-state index < -0.39 is 0 Å². The quantitative estimate of drug-likeness (QED) is 0.860. The molecule has 0 spiro atoms. The Balaban J connectivity index is 1.98. The van der Waals surface area contributed by atoms with Gasteiger partial charge in [-0.05, 0) is 38.4 Å². The first-order chi connectivity index (χ1) is 10.8. The van der Waals surface area contributed by atoms with Crippen LogP contribution in [0.5, 0.6) is 0 Å². The van der Waals surface area contributed by atoms with Gasteiger partial charge in [-0.3, -0.25) is 0 Å². The molecule has 1 aliphatic heterocycles. The number of imidazole rings is 1. The van der Waals surface area contributed by atoms with Crippen molar-refractivity contribution in [2.24, 2.45) is 0 Å². The fourth-order valence-corrected chi connectivity index (χ4v) is 3.08. The molecule has 1 N–H and O–H groups in total. The van der Waals surface area contributed by atoms with Gasteiger partial charge in [0.2, 0.25) is 5.95 Å². The second-order valence-corrected chi connectivity index (χ2v) is 5.79. The molecule has 1 fully saturated rings. The number of fused-ring (bicyclic) bond motifs is 1. The van der Waals surface area contributed by atoms with Gasteiger partial charge < -0.3 is 19.5 Å². The molecule has 22 heavy (non-hydrogen) atoms. The number of hydrogen-bond donors (Lipinski definition) is 1. The number of aromatic nitrogens is 2. The Morgan fingerprint density at radius 1 is 1.27 bits per heavy atom. The molecule has 0 bridgehead atoms. The van der Waals surface area contributed by atoms with Gasteiger partial charge in [0.25, 0.3) is 0 Å². The summed E-state index contributed by atoms with van der Waals surface area (Å²) in [6, 6.07) is 6.42. The van der Waals surface area contributed by atoms with Gasteiger partial charge in [0.05, 0.1) is 17.6 Å². The van der Waals surface area contributed by atoms with Crippen LogP contribution in [0, 0.1) is 6.92 Å². The molecule has 1 saturated heterocycles. The van der Waals surface area contributed by atoms with E-state index in [1.165, 1.54) is 11.1 Å². The Morgan fingerprint density at radius 2 is 2.18 bits per heavy atom. The van der Waals surface area contributed by atoms with Gasteiger partial charge in [-0.15, -0.1) is 0 Å². The fourth-order valence-electron chi connectivity index (χ4n) is 3.08. The van der Waals surface area contributed by atoms with Crippen molar-refractivity contribution >= 4 is 17.0 Å². The van der Waals surface area contributed by atoms with Crippen LogP contribution < -0.4 is 10.2 Å². The minimum Gasteiger partial charge on any atom is -0.380 e. The molecule has 120 valence electrons. The van der Waals surface area contributed by atoms with Crippen molar-refractivity contribution in [3.8, 4) is 0 Å². The Bertz CT molecular complexity index is 614. The van der Waals surface area contributed by atoms with Crippen LogP contribution in [-0.2, 0) is 11.3 Å². The summed E-state index contributed by atoms with van der Waals surface area (Å²) in [5, 5.41) is 3.46. The number of nitrogens with one attached hydrogen (secondary N) is 1. The predicted molar refractivity (Wildman–Crippen MR) is 90.7 cm³/mol. The van der Waals surface area contributed by atoms with Crippen LogP contribution in [0.2, 0.25) is 0 Å². The molecule has 1 aliphatic rings. The van der Waals surface area contributed by atoms with E-state index in [2.05, 4.69) is 39.9 Å². The van der Waals surface area contributed by atoms with Gasteiger partial charge in [-0.2, -0.15) is 0 Å². The lowest BCUT2D eigenvalue weighted by Crippen LogP contribution is -2.30. The zero-order valence-electron chi connectivity index (χ0n) is 13.6. The average Bonchev–Trinajstić information content (AvgIpc) is 2.72. The van der Waals surface area contributed by atoms with Gasteiger partial charge in [-0.1, -0.05) is 12.1 Å². The molecule has 3 rings (SSSR count). The Morgan fingerprint density at radius 3 is 3.05 bits per heavy atom. The van der Waals surface area contributed by atoms with Crippen LogP contribution in [0.4, 0.5) is 5.95 Å². The van der Waals surface area contributed by atoms with Gasteiger partial charge in [0.1, 0.15) is 0 Å². The maximum Gasteiger partial charge on any atom is 0.206 e. The second kappa shape index (κ2) is 7.11. The maximum absolute atomic E-state index is 5.57. The van der Waals surface area contributed by atoms with Gasteiger partial charge in [0, 0.05) is 32.8 Å². The highest BCUT2D eigenvalue weighted by molar-refractivity contribution is 5.82. The number of hydrogen-bond acceptors (Lipinski definition) is 4. The van der Waals surface area contributed by atoms with Crippen LogP contribution in [0.25, 0.3) is 11.0 Å². The zero-order chi connectivity index (χ0) is 15.4. The van der Waals surface area contributed by atoms with E-state index in [9.17, 15) is 0 Å². The number of ether oxygens (including phenoxy) is 1. The summed E-state index contributed by atoms with van der Waals surface area (Å²) in [6.07, 6.45) is 1.16. The largest absolute Gasteiger partial charge is 0.380 e. The number of para-hydroxylation sites is 1. The van der Waals surface area contributed by atoms with Crippen molar-refractivity contribution in [2.75, 3.05) is 44.3 Å². The van der Waals surface area contributed by atoms with E-state index in [1.54, 1.807) is 0 Å². The van der Waals surface area contributed by atoms with Crippen molar-refractivity contribution in [3.63, 3.8) is 0 Å². The molecule has 5 nitrogen and oxygen atoms in total. The van der Waals surface area contributed by atoms with Crippen molar-refractivity contribution in [2.45, 2.75) is 26.8 Å². The highest BCUT2D eigenvalue weighted by Gasteiger charge is 2.18. The molecule has 2 aromatic rings. The van der Waals surface area contributed by atoms with Crippen LogP contribution in [0.3, 0.4) is 0 Å². The smallest absolute Gasteiger partial charge is 0.206 e. The van der Waals surface area contributed by atoms with E-state index in [0.29, 0.717) is 0 Å². The predicted octanol–water partition coefficient (Wildman–Crippen LogP) is 2.18. The van der Waals surface area contributed by atoms with Gasteiger partial charge >= 0.3 is 0 Å². The summed E-state index contributed by atoms with van der Waals surface area (Å²) in [5.41, 5.74) is 3.57. The third kappa shape index (κ3) is 3.10. The lowest BCUT2D eigenvalue weighted by molar-refractivity contribution is 0.140. The monoisotopic (exact) mass is 302 g/mol. The number of rotatable bonds is 5. The molecule has 0 radical (unpaired) electrons. The molecule has 5 heteroatoms. The van der Waals surface area contributed by atoms with Gasteiger partial charge in [-0.25, -0.2) is 4.98 Å². The van der Waals surface area contributed by atoms with Crippen LogP contribution >= 0.6 is 0 Å². The SMILES string of the molecule is CCOCCn1c(N2CCCNCC2)nc2c(C)cccc21. The molecule has 0 aliphatic carbocycles. The Hall–Kier alpha value is -1.59. The average molecular weight is 302 g/mol. The van der Waals surface area contributed by atoms with Crippen molar-refractivity contribution in [1.29, 1.82) is 0 Å². The summed E-state index contributed by atoms with van der Waals surface area (Å²) < 4.78 is 7.90. The molecule has 0 amide bonds. The number of anilines is 1. The van der Waals surface area contributed by atoms with Crippen molar-refractivity contribution in [3.05, 3.63) is 23.8 Å². The third-order valence-electron chi connectivity index (χ3n) is 4.25. The summed E-state index contributed by atoms with van der Waals surface area (Å²) >= 11 is 0. The molecular formula is C17H26N4O. The highest BCUT2D eigenvalue weighted by Crippen LogP contribution is 2.25. The molecule has 1 aromatic carbocycles. The first kappa shape index (κ1) is 15.3. The first-order valence-electron chi connectivity index (χ1n) is 8.30. The Labute approximate surface area is 132 Å². The molecule has 2 heterocycles. The minimum absolute atomic E-state index is 0.731. The molecule has 0 atom stereocenters. The van der Waals surface area contributed by atoms with Crippen LogP contribution in [0.1, 0.15) is 18.9 Å². The Kier molecular flexibility index (Phi) is 4.95. The fraction of sp³-hybridized carbons (Fsp3) is 0.588. The number of benzene rings is 1. The van der Waals surface area contributed by atoms with Crippen molar-refractivity contribution < 1.29 is 4.74 Å². The summed E-state index contributed by atoms with van der Waals surface area (Å²) in [5.74, 6) is 1.09. The van der Waals surface area contributed by atoms with Crippen LogP contribution in [0.15, 0.2) is 18.2 Å². The lowest BCUT2D eigenvalue weighted by atomic mass is 10.2. The summed E-state index contributed by atoms with van der Waals surface area (Å²) in [4.78, 5) is 7.37. The summed E-state index contributed by atoms with van der Waals surface area (Å²) in [6.45, 7) is 10.7. The molecule has 1 aromatic heterocycles. The second-order valence-electron chi connectivity index (χ2n) is 5.79.